The molecule has 19 heavy (non-hydrogen) atoms. The second-order valence-corrected chi connectivity index (χ2v) is 4.94. The molecule has 0 aromatic heterocycles. The normalized spacial score (nSPS) is 11.1. The van der Waals surface area contributed by atoms with Gasteiger partial charge in [-0.2, -0.15) is 0 Å². The van der Waals surface area contributed by atoms with E-state index >= 15 is 0 Å². The topological polar surface area (TPSA) is 0 Å². The van der Waals surface area contributed by atoms with Gasteiger partial charge in [0.15, 0.2) is 0 Å². The van der Waals surface area contributed by atoms with Gasteiger partial charge in [-0.3, -0.25) is 0 Å². The van der Waals surface area contributed by atoms with Gasteiger partial charge in [0.25, 0.3) is 0 Å². The van der Waals surface area contributed by atoms with Crippen LogP contribution in [0.4, 0.5) is 13.2 Å². The van der Waals surface area contributed by atoms with Crippen LogP contribution in [-0.2, 0) is 0 Å². The Hall–Kier alpha value is -1.77. The molecule has 0 unspecified atom stereocenters. The van der Waals surface area contributed by atoms with Gasteiger partial charge in [-0.1, -0.05) is 32.0 Å². The quantitative estimate of drug-likeness (QED) is 0.699. The van der Waals surface area contributed by atoms with Crippen molar-refractivity contribution in [3.05, 3.63) is 58.9 Å². The van der Waals surface area contributed by atoms with E-state index in [2.05, 4.69) is 0 Å². The first-order valence-corrected chi connectivity index (χ1v) is 6.16. The molecule has 2 aromatic carbocycles. The standard InChI is InChI=1S/C16H15F3/c1-9(2)12-5-4-6-13(16(12)19)15-10(3)7-11(17)8-14(15)18/h4-9H,1-3H3. The SMILES string of the molecule is Cc1cc(F)cc(F)c1-c1cccc(C(C)C)c1F. The van der Waals surface area contributed by atoms with E-state index in [-0.39, 0.29) is 17.0 Å². The summed E-state index contributed by atoms with van der Waals surface area (Å²) in [6.45, 7) is 5.31. The highest BCUT2D eigenvalue weighted by Gasteiger charge is 2.17. The molecule has 2 rings (SSSR count). The monoisotopic (exact) mass is 264 g/mol. The lowest BCUT2D eigenvalue weighted by Gasteiger charge is -2.13. The summed E-state index contributed by atoms with van der Waals surface area (Å²) in [5, 5.41) is 0. The molecule has 0 aliphatic rings. The first kappa shape index (κ1) is 13.7. The van der Waals surface area contributed by atoms with Crippen LogP contribution in [0.15, 0.2) is 30.3 Å². The largest absolute Gasteiger partial charge is 0.207 e. The molecule has 0 aliphatic heterocycles. The van der Waals surface area contributed by atoms with E-state index < -0.39 is 17.5 Å². The third-order valence-electron chi connectivity index (χ3n) is 3.17. The molecule has 2 aromatic rings. The van der Waals surface area contributed by atoms with Crippen LogP contribution in [0.5, 0.6) is 0 Å². The van der Waals surface area contributed by atoms with E-state index in [9.17, 15) is 13.2 Å². The number of benzene rings is 2. The number of aryl methyl sites for hydroxylation is 1. The van der Waals surface area contributed by atoms with Crippen LogP contribution in [0.3, 0.4) is 0 Å². The fourth-order valence-corrected chi connectivity index (χ4v) is 2.23. The highest BCUT2D eigenvalue weighted by Crippen LogP contribution is 2.32. The van der Waals surface area contributed by atoms with Crippen molar-refractivity contribution >= 4 is 0 Å². The lowest BCUT2D eigenvalue weighted by atomic mass is 9.94. The van der Waals surface area contributed by atoms with Gasteiger partial charge in [0.05, 0.1) is 0 Å². The molecule has 0 saturated heterocycles. The molecule has 0 spiro atoms. The zero-order valence-electron chi connectivity index (χ0n) is 11.1. The summed E-state index contributed by atoms with van der Waals surface area (Å²) in [6, 6.07) is 6.88. The summed E-state index contributed by atoms with van der Waals surface area (Å²) in [7, 11) is 0. The Morgan fingerprint density at radius 1 is 1.00 bits per heavy atom. The van der Waals surface area contributed by atoms with Crippen LogP contribution in [0.25, 0.3) is 11.1 Å². The van der Waals surface area contributed by atoms with E-state index in [1.54, 1.807) is 19.1 Å². The van der Waals surface area contributed by atoms with Crippen molar-refractivity contribution < 1.29 is 13.2 Å². The van der Waals surface area contributed by atoms with Crippen LogP contribution in [0.1, 0.15) is 30.9 Å². The van der Waals surface area contributed by atoms with Crippen molar-refractivity contribution in [3.8, 4) is 11.1 Å². The van der Waals surface area contributed by atoms with Crippen molar-refractivity contribution in [2.24, 2.45) is 0 Å². The first-order chi connectivity index (χ1) is 8.91. The molecule has 0 nitrogen and oxygen atoms in total. The average molecular weight is 264 g/mol. The summed E-state index contributed by atoms with van der Waals surface area (Å²) < 4.78 is 41.4. The highest BCUT2D eigenvalue weighted by atomic mass is 19.1. The van der Waals surface area contributed by atoms with Gasteiger partial charge in [0.2, 0.25) is 0 Å². The number of hydrogen-bond donors (Lipinski definition) is 0. The zero-order valence-corrected chi connectivity index (χ0v) is 11.1. The number of rotatable bonds is 2. The zero-order chi connectivity index (χ0) is 14.2. The molecule has 0 fully saturated rings. The van der Waals surface area contributed by atoms with E-state index in [1.165, 1.54) is 12.1 Å². The van der Waals surface area contributed by atoms with Gasteiger partial charge in [-0.25, -0.2) is 13.2 Å². The maximum Gasteiger partial charge on any atom is 0.134 e. The summed E-state index contributed by atoms with van der Waals surface area (Å²) >= 11 is 0. The van der Waals surface area contributed by atoms with Crippen LogP contribution >= 0.6 is 0 Å². The minimum absolute atomic E-state index is 0.00349. The van der Waals surface area contributed by atoms with E-state index in [4.69, 9.17) is 0 Å². The maximum absolute atomic E-state index is 14.4. The minimum atomic E-state index is -0.739. The fourth-order valence-electron chi connectivity index (χ4n) is 2.23. The molecule has 100 valence electrons. The predicted octanol–water partition coefficient (Wildman–Crippen LogP) is 5.20. The Morgan fingerprint density at radius 3 is 2.26 bits per heavy atom. The van der Waals surface area contributed by atoms with Gasteiger partial charge in [-0.05, 0) is 30.0 Å². The Bertz CT molecular complexity index is 592. The fraction of sp³-hybridized carbons (Fsp3) is 0.250. The Labute approximate surface area is 110 Å². The molecule has 0 heterocycles. The smallest absolute Gasteiger partial charge is 0.134 e. The second-order valence-electron chi connectivity index (χ2n) is 4.94. The van der Waals surface area contributed by atoms with Crippen LogP contribution < -0.4 is 0 Å². The van der Waals surface area contributed by atoms with Crippen LogP contribution in [-0.4, -0.2) is 0 Å². The van der Waals surface area contributed by atoms with Gasteiger partial charge in [0.1, 0.15) is 17.5 Å². The van der Waals surface area contributed by atoms with Crippen LogP contribution in [0, 0.1) is 24.4 Å². The van der Waals surface area contributed by atoms with Gasteiger partial charge in [0, 0.05) is 17.2 Å². The molecule has 0 radical (unpaired) electrons. The van der Waals surface area contributed by atoms with Crippen LogP contribution in [0.2, 0.25) is 0 Å². The molecule has 0 N–H and O–H groups in total. The summed E-state index contributed by atoms with van der Waals surface area (Å²) in [6.07, 6.45) is 0. The van der Waals surface area contributed by atoms with Crippen molar-refractivity contribution in [2.75, 3.05) is 0 Å². The lowest BCUT2D eigenvalue weighted by molar-refractivity contribution is 0.577. The van der Waals surface area contributed by atoms with Gasteiger partial charge < -0.3 is 0 Å². The van der Waals surface area contributed by atoms with Gasteiger partial charge >= 0.3 is 0 Å². The average Bonchev–Trinajstić information content (AvgIpc) is 2.29. The predicted molar refractivity (Wildman–Crippen MR) is 70.6 cm³/mol. The minimum Gasteiger partial charge on any atom is -0.207 e. The molecular weight excluding hydrogens is 249 g/mol. The Balaban J connectivity index is 2.70. The summed E-state index contributed by atoms with van der Waals surface area (Å²) in [5.41, 5.74) is 1.22. The van der Waals surface area contributed by atoms with Crippen molar-refractivity contribution in [2.45, 2.75) is 26.7 Å². The first-order valence-electron chi connectivity index (χ1n) is 6.16. The third-order valence-corrected chi connectivity index (χ3v) is 3.17. The molecule has 0 atom stereocenters. The summed E-state index contributed by atoms with van der Waals surface area (Å²) in [4.78, 5) is 0. The maximum atomic E-state index is 14.4. The second kappa shape index (κ2) is 5.08. The lowest BCUT2D eigenvalue weighted by Crippen LogP contribution is -1.99. The summed E-state index contributed by atoms with van der Waals surface area (Å²) in [5.74, 6) is -1.83. The van der Waals surface area contributed by atoms with Crippen molar-refractivity contribution in [3.63, 3.8) is 0 Å². The van der Waals surface area contributed by atoms with E-state index in [0.717, 1.165) is 6.07 Å². The number of halogens is 3. The number of hydrogen-bond acceptors (Lipinski definition) is 0. The molecule has 0 saturated carbocycles. The molecule has 0 amide bonds. The molecule has 0 aliphatic carbocycles. The van der Waals surface area contributed by atoms with Crippen molar-refractivity contribution in [1.29, 1.82) is 0 Å². The molecule has 0 bridgehead atoms. The van der Waals surface area contributed by atoms with E-state index in [1.807, 2.05) is 13.8 Å². The Morgan fingerprint density at radius 2 is 1.68 bits per heavy atom. The third kappa shape index (κ3) is 2.50. The van der Waals surface area contributed by atoms with Gasteiger partial charge in [-0.15, -0.1) is 0 Å². The van der Waals surface area contributed by atoms with E-state index in [0.29, 0.717) is 11.1 Å². The van der Waals surface area contributed by atoms with Crippen molar-refractivity contribution in [1.82, 2.24) is 0 Å². The highest BCUT2D eigenvalue weighted by molar-refractivity contribution is 5.69. The molecular formula is C16H15F3. The molecule has 3 heteroatoms. The Kier molecular flexibility index (Phi) is 3.65.